The fourth-order valence-electron chi connectivity index (χ4n) is 0. The van der Waals surface area contributed by atoms with E-state index in [-0.39, 0.29) is 29.1 Å². The van der Waals surface area contributed by atoms with Crippen molar-refractivity contribution in [3.8, 4) is 0 Å². The van der Waals surface area contributed by atoms with Crippen LogP contribution in [0.15, 0.2) is 0 Å². The number of rotatable bonds is 0. The molecule has 0 aliphatic carbocycles. The van der Waals surface area contributed by atoms with Crippen LogP contribution >= 0.6 is 0 Å². The molecule has 0 heterocycles. The molecule has 0 fully saturated rings. The van der Waals surface area contributed by atoms with Gasteiger partial charge >= 0.3 is 0 Å². The van der Waals surface area contributed by atoms with Crippen molar-refractivity contribution in [1.29, 1.82) is 0 Å². The Kier molecular flexibility index (Phi) is 4480. The Bertz CT molecular complexity index is 11.2. The third-order valence-corrected chi connectivity index (χ3v) is 0. The first kappa shape index (κ1) is 38.4. The van der Waals surface area contributed by atoms with E-state index in [9.17, 15) is 0 Å². The van der Waals surface area contributed by atoms with Crippen LogP contribution in [0.2, 0.25) is 0 Å². The maximum absolute atomic E-state index is 7.00. The molecule has 0 rings (SSSR count). The molecule has 3 nitrogen and oxygen atoms in total. The predicted octanol–water partition coefficient (Wildman–Crippen LogP) is -0.727. The molecular formula is C4H15O3Ti-. The van der Waals surface area contributed by atoms with Gasteiger partial charge in [0.25, 0.3) is 0 Å². The zero-order valence-electron chi connectivity index (χ0n) is 5.84. The summed E-state index contributed by atoms with van der Waals surface area (Å²) in [4.78, 5) is 0. The van der Waals surface area contributed by atoms with E-state index >= 15 is 0 Å². The largest absolute Gasteiger partial charge is 0.400 e. The van der Waals surface area contributed by atoms with Crippen molar-refractivity contribution in [3.63, 3.8) is 0 Å². The van der Waals surface area contributed by atoms with Gasteiger partial charge in [-0.3, -0.25) is 0 Å². The summed E-state index contributed by atoms with van der Waals surface area (Å²) in [6, 6.07) is 0. The van der Waals surface area contributed by atoms with E-state index in [1.54, 1.807) is 0 Å². The molecule has 0 aromatic carbocycles. The molecule has 8 heavy (non-hydrogen) atoms. The summed E-state index contributed by atoms with van der Waals surface area (Å²) in [7, 11) is 3.00. The second kappa shape index (κ2) is 935. The Balaban J connectivity index is -0.00000000500. The fourth-order valence-corrected chi connectivity index (χ4v) is 0. The number of hydrogen-bond acceptors (Lipinski definition) is 3. The van der Waals surface area contributed by atoms with Crippen molar-refractivity contribution in [2.45, 2.75) is 0 Å². The van der Waals surface area contributed by atoms with Gasteiger partial charge < -0.3 is 22.7 Å². The van der Waals surface area contributed by atoms with Crippen LogP contribution in [0.5, 0.6) is 0 Å². The standard InChI is InChI=1S/3CH4O.CH3.Ti/c3*1-2;;/h3*2H,1H3;1H3;/q;;;-1;. The molecule has 0 aromatic rings. The average molecular weight is 159 g/mol. The SMILES string of the molecule is CO.CO.CO.[CH3-].[Ti]. The number of aliphatic hydroxyl groups excluding tert-OH is 3. The van der Waals surface area contributed by atoms with Gasteiger partial charge in [0.1, 0.15) is 0 Å². The molecule has 3 N–H and O–H groups in total. The van der Waals surface area contributed by atoms with E-state index in [4.69, 9.17) is 15.3 Å². The molecule has 0 aliphatic heterocycles. The van der Waals surface area contributed by atoms with Crippen molar-refractivity contribution in [3.05, 3.63) is 7.43 Å². The average Bonchev–Trinajstić information content (AvgIpc) is 1.81. The van der Waals surface area contributed by atoms with Crippen molar-refractivity contribution in [2.75, 3.05) is 21.3 Å². The summed E-state index contributed by atoms with van der Waals surface area (Å²) in [5.74, 6) is 0. The van der Waals surface area contributed by atoms with Crippen LogP contribution in [0.4, 0.5) is 0 Å². The summed E-state index contributed by atoms with van der Waals surface area (Å²) >= 11 is 0. The molecule has 0 spiro atoms. The minimum atomic E-state index is 0. The molecule has 54 valence electrons. The Morgan fingerprint density at radius 1 is 0.625 bits per heavy atom. The van der Waals surface area contributed by atoms with Crippen LogP contribution in [0.3, 0.4) is 0 Å². The Morgan fingerprint density at radius 3 is 0.625 bits per heavy atom. The van der Waals surface area contributed by atoms with Crippen LogP contribution in [-0.2, 0) is 21.7 Å². The van der Waals surface area contributed by atoms with E-state index in [0.29, 0.717) is 0 Å². The Morgan fingerprint density at radius 2 is 0.625 bits per heavy atom. The van der Waals surface area contributed by atoms with Crippen molar-refractivity contribution >= 4 is 0 Å². The Hall–Kier alpha value is 0.594. The topological polar surface area (TPSA) is 60.7 Å². The number of aliphatic hydroxyl groups is 3. The van der Waals surface area contributed by atoms with Crippen molar-refractivity contribution < 1.29 is 37.0 Å². The number of hydrogen-bond donors (Lipinski definition) is 3. The minimum Gasteiger partial charge on any atom is -0.400 e. The van der Waals surface area contributed by atoms with Gasteiger partial charge in [0.2, 0.25) is 0 Å². The molecule has 0 saturated carbocycles. The van der Waals surface area contributed by atoms with Gasteiger partial charge in [-0.25, -0.2) is 0 Å². The summed E-state index contributed by atoms with van der Waals surface area (Å²) in [6.45, 7) is 0. The normalized spacial score (nSPS) is 2.25. The first-order valence-corrected chi connectivity index (χ1v) is 1.34. The molecule has 0 aliphatic rings. The van der Waals surface area contributed by atoms with E-state index in [1.165, 1.54) is 0 Å². The van der Waals surface area contributed by atoms with Crippen LogP contribution < -0.4 is 0 Å². The smallest absolute Gasteiger partial charge is 0.0319 e. The Labute approximate surface area is 66.2 Å². The summed E-state index contributed by atoms with van der Waals surface area (Å²) in [5, 5.41) is 21.0. The van der Waals surface area contributed by atoms with Crippen LogP contribution in [0.25, 0.3) is 0 Å². The molecule has 0 atom stereocenters. The fraction of sp³-hybridized carbons (Fsp3) is 0.750. The molecule has 0 unspecified atom stereocenters. The van der Waals surface area contributed by atoms with Crippen LogP contribution in [0.1, 0.15) is 0 Å². The van der Waals surface area contributed by atoms with Gasteiger partial charge in [-0.1, -0.05) is 0 Å². The van der Waals surface area contributed by atoms with Crippen molar-refractivity contribution in [1.82, 2.24) is 0 Å². The second-order valence-electron chi connectivity index (χ2n) is 0. The summed E-state index contributed by atoms with van der Waals surface area (Å²) in [6.07, 6.45) is 0. The first-order valence-electron chi connectivity index (χ1n) is 1.34. The molecular weight excluding hydrogens is 144 g/mol. The molecule has 0 radical (unpaired) electrons. The maximum atomic E-state index is 7.00. The second-order valence-corrected chi connectivity index (χ2v) is 0. The quantitative estimate of drug-likeness (QED) is 0.322. The third kappa shape index (κ3) is 584. The van der Waals surface area contributed by atoms with Gasteiger partial charge in [-0.2, -0.15) is 0 Å². The molecule has 0 bridgehead atoms. The zero-order chi connectivity index (χ0) is 6.00. The van der Waals surface area contributed by atoms with Crippen LogP contribution in [0, 0.1) is 7.43 Å². The van der Waals surface area contributed by atoms with Crippen LogP contribution in [-0.4, -0.2) is 36.6 Å². The van der Waals surface area contributed by atoms with E-state index < -0.39 is 0 Å². The van der Waals surface area contributed by atoms with E-state index in [0.717, 1.165) is 21.3 Å². The first-order chi connectivity index (χ1) is 3.00. The minimum absolute atomic E-state index is 0. The molecule has 4 heteroatoms. The van der Waals surface area contributed by atoms with Gasteiger partial charge in [0.15, 0.2) is 0 Å². The summed E-state index contributed by atoms with van der Waals surface area (Å²) in [5.41, 5.74) is 0. The van der Waals surface area contributed by atoms with Crippen molar-refractivity contribution in [2.24, 2.45) is 0 Å². The third-order valence-electron chi connectivity index (χ3n) is 0. The molecule has 0 amide bonds. The van der Waals surface area contributed by atoms with E-state index in [1.807, 2.05) is 0 Å². The summed E-state index contributed by atoms with van der Waals surface area (Å²) < 4.78 is 0. The zero-order valence-corrected chi connectivity index (χ0v) is 7.40. The molecule has 0 aromatic heterocycles. The van der Waals surface area contributed by atoms with Gasteiger partial charge in [0, 0.05) is 43.0 Å². The van der Waals surface area contributed by atoms with Gasteiger partial charge in [-0.15, -0.1) is 0 Å². The molecule has 0 saturated heterocycles. The predicted molar refractivity (Wildman–Crippen MR) is 30.8 cm³/mol. The maximum Gasteiger partial charge on any atom is 0.0319 e. The van der Waals surface area contributed by atoms with E-state index in [2.05, 4.69) is 0 Å². The van der Waals surface area contributed by atoms with Gasteiger partial charge in [0.05, 0.1) is 0 Å². The monoisotopic (exact) mass is 159 g/mol. The van der Waals surface area contributed by atoms with Gasteiger partial charge in [-0.05, 0) is 0 Å².